The summed E-state index contributed by atoms with van der Waals surface area (Å²) >= 11 is 0. The Kier molecular flexibility index (Phi) is 4.36. The number of aliphatic hydroxyl groups is 1. The summed E-state index contributed by atoms with van der Waals surface area (Å²) in [6.45, 7) is 2.01. The van der Waals surface area contributed by atoms with Crippen molar-refractivity contribution >= 4 is 0 Å². The first-order valence-electron chi connectivity index (χ1n) is 7.72. The summed E-state index contributed by atoms with van der Waals surface area (Å²) in [5.41, 5.74) is 5.56. The number of aliphatic hydroxyl groups excluding tert-OH is 1. The van der Waals surface area contributed by atoms with E-state index in [2.05, 4.69) is 42.5 Å². The summed E-state index contributed by atoms with van der Waals surface area (Å²) < 4.78 is 0. The van der Waals surface area contributed by atoms with Crippen molar-refractivity contribution in [2.24, 2.45) is 0 Å². The van der Waals surface area contributed by atoms with E-state index >= 15 is 0 Å². The molecule has 3 aromatic rings. The first-order chi connectivity index (χ1) is 10.8. The van der Waals surface area contributed by atoms with Crippen LogP contribution < -0.4 is 0 Å². The highest BCUT2D eigenvalue weighted by Crippen LogP contribution is 2.33. The molecule has 22 heavy (non-hydrogen) atoms. The van der Waals surface area contributed by atoms with Gasteiger partial charge in [-0.2, -0.15) is 0 Å². The lowest BCUT2D eigenvalue weighted by atomic mass is 9.91. The zero-order valence-corrected chi connectivity index (χ0v) is 12.7. The molecule has 0 heterocycles. The minimum atomic E-state index is -0.445. The van der Waals surface area contributed by atoms with Gasteiger partial charge in [0.1, 0.15) is 0 Å². The molecule has 0 spiro atoms. The normalized spacial score (nSPS) is 12.1. The van der Waals surface area contributed by atoms with Gasteiger partial charge in [-0.3, -0.25) is 0 Å². The Morgan fingerprint density at radius 1 is 0.727 bits per heavy atom. The lowest BCUT2D eigenvalue weighted by Crippen LogP contribution is -1.99. The van der Waals surface area contributed by atoms with Gasteiger partial charge in [0, 0.05) is 0 Å². The largest absolute Gasteiger partial charge is 0.388 e. The lowest BCUT2D eigenvalue weighted by Gasteiger charge is -2.16. The fraction of sp³-hybridized carbons (Fsp3) is 0.143. The van der Waals surface area contributed by atoms with Crippen LogP contribution in [0, 0.1) is 0 Å². The fourth-order valence-electron chi connectivity index (χ4n) is 2.75. The van der Waals surface area contributed by atoms with Crippen LogP contribution in [0.5, 0.6) is 0 Å². The maximum atomic E-state index is 10.4. The second-order valence-electron chi connectivity index (χ2n) is 5.46. The molecule has 0 aliphatic carbocycles. The van der Waals surface area contributed by atoms with Crippen molar-refractivity contribution in [2.75, 3.05) is 0 Å². The average molecular weight is 288 g/mol. The van der Waals surface area contributed by atoms with Gasteiger partial charge in [-0.05, 0) is 40.3 Å². The smallest absolute Gasteiger partial charge is 0.0793 e. The molecule has 3 aromatic carbocycles. The van der Waals surface area contributed by atoms with Crippen molar-refractivity contribution in [2.45, 2.75) is 19.4 Å². The van der Waals surface area contributed by atoms with Gasteiger partial charge in [-0.25, -0.2) is 0 Å². The van der Waals surface area contributed by atoms with Crippen LogP contribution in [0.3, 0.4) is 0 Å². The van der Waals surface area contributed by atoms with Gasteiger partial charge in [0.2, 0.25) is 0 Å². The molecule has 0 saturated carbocycles. The number of hydrogen-bond donors (Lipinski definition) is 1. The van der Waals surface area contributed by atoms with Gasteiger partial charge in [0.25, 0.3) is 0 Å². The third kappa shape index (κ3) is 2.95. The van der Waals surface area contributed by atoms with Gasteiger partial charge in [0.15, 0.2) is 0 Å². The molecule has 0 unspecified atom stereocenters. The number of rotatable bonds is 4. The van der Waals surface area contributed by atoms with Crippen molar-refractivity contribution in [3.8, 4) is 22.3 Å². The summed E-state index contributed by atoms with van der Waals surface area (Å²) in [4.78, 5) is 0. The van der Waals surface area contributed by atoms with E-state index in [1.165, 1.54) is 5.56 Å². The van der Waals surface area contributed by atoms with Crippen molar-refractivity contribution in [1.82, 2.24) is 0 Å². The number of hydrogen-bond acceptors (Lipinski definition) is 1. The Morgan fingerprint density at radius 2 is 1.32 bits per heavy atom. The van der Waals surface area contributed by atoms with Crippen LogP contribution >= 0.6 is 0 Å². The van der Waals surface area contributed by atoms with Crippen LogP contribution in [0.15, 0.2) is 78.9 Å². The maximum absolute atomic E-state index is 10.4. The van der Waals surface area contributed by atoms with Gasteiger partial charge < -0.3 is 5.11 Å². The summed E-state index contributed by atoms with van der Waals surface area (Å²) in [5.74, 6) is 0. The summed E-state index contributed by atoms with van der Waals surface area (Å²) in [6, 6.07) is 26.9. The van der Waals surface area contributed by atoms with Crippen LogP contribution in [-0.2, 0) is 0 Å². The SMILES string of the molecule is CC[C@H](O)c1cc(-c2ccccc2)ccc1-c1ccccc1. The molecule has 1 heteroatoms. The maximum Gasteiger partial charge on any atom is 0.0793 e. The van der Waals surface area contributed by atoms with Crippen LogP contribution in [0.25, 0.3) is 22.3 Å². The molecule has 0 bridgehead atoms. The van der Waals surface area contributed by atoms with E-state index in [9.17, 15) is 5.11 Å². The molecular weight excluding hydrogens is 268 g/mol. The van der Waals surface area contributed by atoms with Crippen LogP contribution in [0.1, 0.15) is 25.0 Å². The summed E-state index contributed by atoms with van der Waals surface area (Å²) in [6.07, 6.45) is 0.261. The van der Waals surface area contributed by atoms with E-state index in [0.717, 1.165) is 22.3 Å². The second kappa shape index (κ2) is 6.59. The molecule has 0 amide bonds. The quantitative estimate of drug-likeness (QED) is 0.675. The summed E-state index contributed by atoms with van der Waals surface area (Å²) in [5, 5.41) is 10.4. The first-order valence-corrected chi connectivity index (χ1v) is 7.72. The molecule has 0 aliphatic heterocycles. The Balaban J connectivity index is 2.12. The molecule has 1 atom stereocenters. The van der Waals surface area contributed by atoms with Crippen LogP contribution in [0.4, 0.5) is 0 Å². The topological polar surface area (TPSA) is 20.2 Å². The average Bonchev–Trinajstić information content (AvgIpc) is 2.62. The third-order valence-corrected chi connectivity index (χ3v) is 3.99. The fourth-order valence-corrected chi connectivity index (χ4v) is 2.75. The highest BCUT2D eigenvalue weighted by Gasteiger charge is 2.13. The zero-order chi connectivity index (χ0) is 15.4. The molecule has 0 fully saturated rings. The van der Waals surface area contributed by atoms with Crippen molar-refractivity contribution in [1.29, 1.82) is 0 Å². The molecule has 110 valence electrons. The third-order valence-electron chi connectivity index (χ3n) is 3.99. The molecule has 0 radical (unpaired) electrons. The van der Waals surface area contributed by atoms with Gasteiger partial charge in [0.05, 0.1) is 6.10 Å². The monoisotopic (exact) mass is 288 g/mol. The minimum Gasteiger partial charge on any atom is -0.388 e. The molecule has 0 aliphatic rings. The van der Waals surface area contributed by atoms with E-state index in [4.69, 9.17) is 0 Å². The minimum absolute atomic E-state index is 0.445. The van der Waals surface area contributed by atoms with Gasteiger partial charge in [-0.1, -0.05) is 79.7 Å². The first kappa shape index (κ1) is 14.6. The van der Waals surface area contributed by atoms with Crippen molar-refractivity contribution in [3.05, 3.63) is 84.4 Å². The van der Waals surface area contributed by atoms with Gasteiger partial charge >= 0.3 is 0 Å². The van der Waals surface area contributed by atoms with E-state index in [-0.39, 0.29) is 0 Å². The van der Waals surface area contributed by atoms with Crippen molar-refractivity contribution in [3.63, 3.8) is 0 Å². The molecule has 0 saturated heterocycles. The Hall–Kier alpha value is -2.38. The molecule has 1 nitrogen and oxygen atoms in total. The second-order valence-corrected chi connectivity index (χ2v) is 5.46. The van der Waals surface area contributed by atoms with E-state index in [0.29, 0.717) is 6.42 Å². The Morgan fingerprint density at radius 3 is 1.91 bits per heavy atom. The van der Waals surface area contributed by atoms with Crippen LogP contribution in [-0.4, -0.2) is 5.11 Å². The van der Waals surface area contributed by atoms with E-state index in [1.54, 1.807) is 0 Å². The van der Waals surface area contributed by atoms with E-state index < -0.39 is 6.10 Å². The lowest BCUT2D eigenvalue weighted by molar-refractivity contribution is 0.174. The van der Waals surface area contributed by atoms with Crippen molar-refractivity contribution < 1.29 is 5.11 Å². The number of benzene rings is 3. The highest BCUT2D eigenvalue weighted by atomic mass is 16.3. The Bertz CT molecular complexity index is 732. The molecule has 3 rings (SSSR count). The van der Waals surface area contributed by atoms with Crippen LogP contribution in [0.2, 0.25) is 0 Å². The zero-order valence-electron chi connectivity index (χ0n) is 12.7. The molecule has 0 aromatic heterocycles. The predicted octanol–water partition coefficient (Wildman–Crippen LogP) is 5.46. The Labute approximate surface area is 131 Å². The summed E-state index contributed by atoms with van der Waals surface area (Å²) in [7, 11) is 0. The standard InChI is InChI=1S/C21H20O/c1-2-21(22)20-15-18(16-9-5-3-6-10-16)13-14-19(20)17-11-7-4-8-12-17/h3-15,21-22H,2H2,1H3/t21-/m0/s1. The van der Waals surface area contributed by atoms with E-state index in [1.807, 2.05) is 43.3 Å². The molecular formula is C21H20O. The highest BCUT2D eigenvalue weighted by molar-refractivity contribution is 5.74. The van der Waals surface area contributed by atoms with Gasteiger partial charge in [-0.15, -0.1) is 0 Å². The molecule has 1 N–H and O–H groups in total. The predicted molar refractivity (Wildman–Crippen MR) is 92.6 cm³/mol.